The first kappa shape index (κ1) is 52.9. The molecule has 352 valence electrons. The Labute approximate surface area is 398 Å². The normalized spacial score (nSPS) is 11.1. The van der Waals surface area contributed by atoms with Gasteiger partial charge in [-0.15, -0.1) is 11.3 Å². The molecule has 0 saturated carbocycles. The van der Waals surface area contributed by atoms with Crippen LogP contribution in [0.5, 0.6) is 0 Å². The molecule has 0 spiro atoms. The summed E-state index contributed by atoms with van der Waals surface area (Å²) in [5, 5.41) is 4.27. The van der Waals surface area contributed by atoms with Gasteiger partial charge in [0.05, 0.1) is 5.52 Å². The van der Waals surface area contributed by atoms with Crippen molar-refractivity contribution in [2.24, 2.45) is 14.1 Å². The van der Waals surface area contributed by atoms with Crippen LogP contribution in [0.4, 0.5) is 0 Å². The summed E-state index contributed by atoms with van der Waals surface area (Å²) in [5.41, 5.74) is 33.3. The van der Waals surface area contributed by atoms with Crippen LogP contribution in [0.3, 0.4) is 0 Å². The fourth-order valence-electron chi connectivity index (χ4n) is 9.50. The molecule has 0 amide bonds. The maximum atomic E-state index is 5.85. The summed E-state index contributed by atoms with van der Waals surface area (Å²) in [6, 6.07) is 0. The second-order valence-corrected chi connectivity index (χ2v) is 20.6. The molecule has 0 saturated heterocycles. The fraction of sp³-hybridized carbons (Fsp3) is 0.467. The maximum absolute atomic E-state index is 5.85. The second kappa shape index (κ2) is 20.0. The van der Waals surface area contributed by atoms with Crippen LogP contribution in [0.25, 0.3) is 32.0 Å². The molecule has 0 bridgehead atoms. The van der Waals surface area contributed by atoms with E-state index in [-0.39, 0.29) is 0 Å². The van der Waals surface area contributed by atoms with Crippen molar-refractivity contribution in [1.29, 1.82) is 0 Å². The summed E-state index contributed by atoms with van der Waals surface area (Å²) in [6.45, 7) is 56.6. The van der Waals surface area contributed by atoms with Gasteiger partial charge in [0, 0.05) is 51.5 Å². The quantitative estimate of drug-likeness (QED) is 0.152. The summed E-state index contributed by atoms with van der Waals surface area (Å²) in [5.74, 6) is 3.14. The molecule has 8 rings (SSSR count). The lowest BCUT2D eigenvalue weighted by molar-refractivity contribution is 0.501. The van der Waals surface area contributed by atoms with Gasteiger partial charge in [-0.25, -0.2) is 0 Å². The van der Waals surface area contributed by atoms with Crippen molar-refractivity contribution < 1.29 is 8.83 Å². The Kier molecular flexibility index (Phi) is 16.3. The number of thiophene rings is 1. The molecule has 0 aliphatic heterocycles. The van der Waals surface area contributed by atoms with Crippen molar-refractivity contribution in [3.05, 3.63) is 145 Å². The minimum Gasteiger partial charge on any atom is -0.466 e. The summed E-state index contributed by atoms with van der Waals surface area (Å²) in [7, 11) is 4.29. The highest BCUT2D eigenvalue weighted by Gasteiger charge is 2.18. The number of furan rings is 2. The first-order chi connectivity index (χ1) is 29.9. The zero-order chi connectivity index (χ0) is 49.8. The molecular formula is C60H84N2O2S. The van der Waals surface area contributed by atoms with Crippen LogP contribution in [0, 0.1) is 180 Å². The van der Waals surface area contributed by atoms with Gasteiger partial charge in [-0.1, -0.05) is 0 Å². The van der Waals surface area contributed by atoms with Crippen molar-refractivity contribution >= 4 is 43.3 Å². The van der Waals surface area contributed by atoms with E-state index in [0.29, 0.717) is 0 Å². The first-order valence-corrected chi connectivity index (χ1v) is 24.3. The topological polar surface area (TPSA) is 36.1 Å². The highest BCUT2D eigenvalue weighted by atomic mass is 32.1. The molecule has 0 aliphatic rings. The van der Waals surface area contributed by atoms with E-state index in [9.17, 15) is 0 Å². The van der Waals surface area contributed by atoms with Gasteiger partial charge in [-0.05, 0) is 291 Å². The fourth-order valence-corrected chi connectivity index (χ4v) is 10.8. The standard InChI is InChI=1S/C15H21N.C14H18O.C14H18S.C9H15N.C8H12O/c1-8-9(2)11(4)15-14(10(8)3)12(5)13(6)16(15)7;2*1-7-8(2)10(4)14-13(9(7)3)11(5)12(6)15-14;1-6-7(2)9(4)10(5)8(6)3;1-5-6(2)8(4)9-7(5)3/h1-7H3;2*1-6H3;1-5H3;1-4H3. The van der Waals surface area contributed by atoms with Crippen LogP contribution in [0.2, 0.25) is 0 Å². The molecule has 0 fully saturated rings. The number of nitrogens with zero attached hydrogens (tertiary/aromatic N) is 2. The number of rotatable bonds is 0. The molecule has 0 atom stereocenters. The molecule has 3 aromatic carbocycles. The molecule has 5 heterocycles. The van der Waals surface area contributed by atoms with Crippen molar-refractivity contribution in [3.8, 4) is 0 Å². The lowest BCUT2D eigenvalue weighted by Gasteiger charge is -2.12. The molecule has 4 nitrogen and oxygen atoms in total. The van der Waals surface area contributed by atoms with E-state index < -0.39 is 0 Å². The lowest BCUT2D eigenvalue weighted by Crippen LogP contribution is -1.97. The number of benzene rings is 3. The second-order valence-electron chi connectivity index (χ2n) is 19.4. The van der Waals surface area contributed by atoms with Crippen LogP contribution in [0.1, 0.15) is 145 Å². The molecule has 0 N–H and O–H groups in total. The third kappa shape index (κ3) is 9.47. The lowest BCUT2D eigenvalue weighted by atomic mass is 9.94. The van der Waals surface area contributed by atoms with Crippen molar-refractivity contribution in [1.82, 2.24) is 9.13 Å². The third-order valence-corrected chi connectivity index (χ3v) is 17.9. The van der Waals surface area contributed by atoms with E-state index >= 15 is 0 Å². The molecule has 0 unspecified atom stereocenters. The molecule has 8 aromatic rings. The van der Waals surface area contributed by atoms with Crippen LogP contribution in [0.15, 0.2) is 8.83 Å². The van der Waals surface area contributed by atoms with Gasteiger partial charge in [0.15, 0.2) is 0 Å². The summed E-state index contributed by atoms with van der Waals surface area (Å²) in [6.07, 6.45) is 0. The zero-order valence-electron chi connectivity index (χ0n) is 46.1. The number of hydrogen-bond donors (Lipinski definition) is 0. The van der Waals surface area contributed by atoms with E-state index in [1.165, 1.54) is 154 Å². The van der Waals surface area contributed by atoms with Gasteiger partial charge in [0.1, 0.15) is 22.9 Å². The number of hydrogen-bond acceptors (Lipinski definition) is 3. The summed E-state index contributed by atoms with van der Waals surface area (Å²) < 4.78 is 17.3. The molecule has 0 aliphatic carbocycles. The van der Waals surface area contributed by atoms with Gasteiger partial charge < -0.3 is 18.0 Å². The number of fused-ring (bicyclic) bond motifs is 3. The van der Waals surface area contributed by atoms with Gasteiger partial charge in [-0.3, -0.25) is 0 Å². The van der Waals surface area contributed by atoms with E-state index in [0.717, 1.165) is 22.9 Å². The SMILES string of the molecule is Cc1c(C)c(C)c2c(c1C)c(C)c(C)n2C.Cc1c(C)c(C)n(C)c1C.Cc1oc(C)c(C)c1C.Cc1oc2c(C)c(C)c(C)c(C)c2c1C.Cc1sc2c(C)c(C)c(C)c(C)c2c1C. The smallest absolute Gasteiger partial charge is 0.137 e. The monoisotopic (exact) mass is 897 g/mol. The minimum atomic E-state index is 1.04. The Hall–Kier alpha value is -4.74. The van der Waals surface area contributed by atoms with E-state index in [4.69, 9.17) is 8.83 Å². The van der Waals surface area contributed by atoms with Crippen molar-refractivity contribution in [2.75, 3.05) is 0 Å². The largest absolute Gasteiger partial charge is 0.466 e. The Morgan fingerprint density at radius 1 is 0.277 bits per heavy atom. The Morgan fingerprint density at radius 2 is 0.646 bits per heavy atom. The average Bonchev–Trinajstić information content (AvgIpc) is 3.95. The summed E-state index contributed by atoms with van der Waals surface area (Å²) >= 11 is 1.94. The van der Waals surface area contributed by atoms with Crippen LogP contribution < -0.4 is 0 Å². The van der Waals surface area contributed by atoms with Crippen molar-refractivity contribution in [2.45, 2.75) is 180 Å². The Morgan fingerprint density at radius 3 is 1.06 bits per heavy atom. The van der Waals surface area contributed by atoms with Gasteiger partial charge in [0.2, 0.25) is 0 Å². The molecule has 5 aromatic heterocycles. The molecule has 0 radical (unpaired) electrons. The molecule has 65 heavy (non-hydrogen) atoms. The van der Waals surface area contributed by atoms with Gasteiger partial charge >= 0.3 is 0 Å². The Bertz CT molecular complexity index is 2850. The highest BCUT2D eigenvalue weighted by Crippen LogP contribution is 2.39. The minimum absolute atomic E-state index is 1.04. The first-order valence-electron chi connectivity index (χ1n) is 23.5. The van der Waals surface area contributed by atoms with Crippen molar-refractivity contribution in [3.63, 3.8) is 0 Å². The van der Waals surface area contributed by atoms with Crippen LogP contribution >= 0.6 is 11.3 Å². The number of aryl methyl sites for hydroxylation is 14. The maximum Gasteiger partial charge on any atom is 0.137 e. The van der Waals surface area contributed by atoms with Gasteiger partial charge in [0.25, 0.3) is 0 Å². The average molecular weight is 897 g/mol. The predicted octanol–water partition coefficient (Wildman–Crippen LogP) is 17.8. The molecule has 5 heteroatoms. The van der Waals surface area contributed by atoms with Gasteiger partial charge in [-0.2, -0.15) is 0 Å². The Balaban J connectivity index is 0.000000181. The van der Waals surface area contributed by atoms with Crippen LogP contribution in [-0.4, -0.2) is 9.13 Å². The van der Waals surface area contributed by atoms with E-state index in [2.05, 4.69) is 182 Å². The highest BCUT2D eigenvalue weighted by molar-refractivity contribution is 7.19. The van der Waals surface area contributed by atoms with E-state index in [1.54, 1.807) is 0 Å². The van der Waals surface area contributed by atoms with Crippen LogP contribution in [-0.2, 0) is 14.1 Å². The molecular weight excluding hydrogens is 813 g/mol. The van der Waals surface area contributed by atoms with E-state index in [1.807, 2.05) is 32.1 Å². The predicted molar refractivity (Wildman–Crippen MR) is 288 cm³/mol. The third-order valence-electron chi connectivity index (χ3n) is 16.6. The summed E-state index contributed by atoms with van der Waals surface area (Å²) in [4.78, 5) is 1.46. The zero-order valence-corrected chi connectivity index (χ0v) is 46.9. The number of aromatic nitrogens is 2.